The summed E-state index contributed by atoms with van der Waals surface area (Å²) in [5, 5.41) is 12.3. The molecule has 1 aromatic rings. The molecule has 0 aliphatic carbocycles. The van der Waals surface area contributed by atoms with Gasteiger partial charge in [0.25, 0.3) is 0 Å². The van der Waals surface area contributed by atoms with E-state index in [4.69, 9.17) is 9.84 Å². The fraction of sp³-hybridized carbons (Fsp3) is 0.667. The second-order valence-corrected chi connectivity index (χ2v) is 3.95. The monoisotopic (exact) mass is 244 g/mol. The zero-order valence-electron chi connectivity index (χ0n) is 9.43. The zero-order chi connectivity index (χ0) is 11.8. The molecule has 0 amide bonds. The molecule has 0 aromatic carbocycles. The van der Waals surface area contributed by atoms with Gasteiger partial charge in [-0.3, -0.25) is 0 Å². The molecule has 7 heteroatoms. The van der Waals surface area contributed by atoms with E-state index in [2.05, 4.69) is 20.3 Å². The summed E-state index contributed by atoms with van der Waals surface area (Å²) in [6.45, 7) is 2.89. The van der Waals surface area contributed by atoms with Gasteiger partial charge < -0.3 is 15.2 Å². The highest BCUT2D eigenvalue weighted by atomic mass is 32.2. The van der Waals surface area contributed by atoms with Crippen LogP contribution < -0.4 is 10.1 Å². The van der Waals surface area contributed by atoms with E-state index in [-0.39, 0.29) is 6.61 Å². The van der Waals surface area contributed by atoms with E-state index in [0.29, 0.717) is 17.1 Å². The lowest BCUT2D eigenvalue weighted by Crippen LogP contribution is -2.06. The third kappa shape index (κ3) is 4.19. The van der Waals surface area contributed by atoms with Gasteiger partial charge in [-0.25, -0.2) is 0 Å². The molecule has 1 heterocycles. The van der Waals surface area contributed by atoms with Gasteiger partial charge >= 0.3 is 6.01 Å². The summed E-state index contributed by atoms with van der Waals surface area (Å²) in [5.41, 5.74) is 0. The van der Waals surface area contributed by atoms with Crippen molar-refractivity contribution >= 4 is 17.7 Å². The summed E-state index contributed by atoms with van der Waals surface area (Å²) in [5.74, 6) is 1.29. The zero-order valence-corrected chi connectivity index (χ0v) is 10.3. The Hall–Kier alpha value is -1.08. The lowest BCUT2D eigenvalue weighted by atomic mass is 10.5. The minimum absolute atomic E-state index is 0.176. The SMILES string of the molecule is CCNc1nc(OC)nc(SCCCO)n1. The molecule has 0 aliphatic rings. The van der Waals surface area contributed by atoms with Gasteiger partial charge in [0, 0.05) is 18.9 Å². The Labute approximate surface area is 98.9 Å². The van der Waals surface area contributed by atoms with Gasteiger partial charge in [-0.2, -0.15) is 15.0 Å². The Bertz CT molecular complexity index is 324. The second-order valence-electron chi connectivity index (χ2n) is 2.88. The molecule has 1 aromatic heterocycles. The van der Waals surface area contributed by atoms with E-state index in [1.54, 1.807) is 0 Å². The number of rotatable bonds is 7. The van der Waals surface area contributed by atoms with E-state index >= 15 is 0 Å². The van der Waals surface area contributed by atoms with Crippen molar-refractivity contribution in [2.75, 3.05) is 31.3 Å². The molecule has 0 unspecified atom stereocenters. The maximum Gasteiger partial charge on any atom is 0.321 e. The lowest BCUT2D eigenvalue weighted by Gasteiger charge is -2.05. The second kappa shape index (κ2) is 7.24. The van der Waals surface area contributed by atoms with Crippen LogP contribution in [0.1, 0.15) is 13.3 Å². The molecule has 0 aliphatic heterocycles. The number of nitrogens with zero attached hydrogens (tertiary/aromatic N) is 3. The summed E-state index contributed by atoms with van der Waals surface area (Å²) in [6, 6.07) is 0.303. The van der Waals surface area contributed by atoms with Crippen molar-refractivity contribution < 1.29 is 9.84 Å². The number of thioether (sulfide) groups is 1. The van der Waals surface area contributed by atoms with Gasteiger partial charge in [0.1, 0.15) is 0 Å². The van der Waals surface area contributed by atoms with E-state index in [9.17, 15) is 0 Å². The number of aliphatic hydroxyl groups excluding tert-OH is 1. The maximum absolute atomic E-state index is 8.68. The first-order valence-electron chi connectivity index (χ1n) is 5.07. The molecule has 0 atom stereocenters. The Kier molecular flexibility index (Phi) is 5.87. The molecule has 0 radical (unpaired) electrons. The average Bonchev–Trinajstić information content (AvgIpc) is 2.29. The third-order valence-electron chi connectivity index (χ3n) is 1.65. The summed E-state index contributed by atoms with van der Waals surface area (Å²) in [6.07, 6.45) is 0.717. The van der Waals surface area contributed by atoms with Crippen molar-refractivity contribution in [1.82, 2.24) is 15.0 Å². The molecule has 1 rings (SSSR count). The molecule has 0 spiro atoms. The fourth-order valence-corrected chi connectivity index (χ4v) is 1.71. The van der Waals surface area contributed by atoms with Crippen LogP contribution in [0.2, 0.25) is 0 Å². The van der Waals surface area contributed by atoms with Crippen LogP contribution in [-0.2, 0) is 0 Å². The predicted octanol–water partition coefficient (Wildman–Crippen LogP) is 0.786. The molecule has 90 valence electrons. The topological polar surface area (TPSA) is 80.2 Å². The summed E-state index contributed by atoms with van der Waals surface area (Å²) in [7, 11) is 1.52. The quantitative estimate of drug-likeness (QED) is 0.542. The van der Waals surface area contributed by atoms with Crippen molar-refractivity contribution in [2.24, 2.45) is 0 Å². The molecule has 0 saturated carbocycles. The number of ether oxygens (including phenoxy) is 1. The number of hydrogen-bond donors (Lipinski definition) is 2. The Morgan fingerprint density at radius 2 is 2.19 bits per heavy atom. The van der Waals surface area contributed by atoms with Crippen LogP contribution in [0.3, 0.4) is 0 Å². The van der Waals surface area contributed by atoms with Crippen molar-refractivity contribution in [2.45, 2.75) is 18.5 Å². The number of aromatic nitrogens is 3. The van der Waals surface area contributed by atoms with Gasteiger partial charge in [-0.05, 0) is 13.3 Å². The largest absolute Gasteiger partial charge is 0.467 e. The van der Waals surface area contributed by atoms with Crippen molar-refractivity contribution in [3.63, 3.8) is 0 Å². The van der Waals surface area contributed by atoms with E-state index in [0.717, 1.165) is 18.7 Å². The highest BCUT2D eigenvalue weighted by Crippen LogP contribution is 2.17. The molecule has 0 fully saturated rings. The first-order valence-corrected chi connectivity index (χ1v) is 6.06. The van der Waals surface area contributed by atoms with Gasteiger partial charge in [0.2, 0.25) is 5.95 Å². The van der Waals surface area contributed by atoms with Gasteiger partial charge in [0.15, 0.2) is 5.16 Å². The van der Waals surface area contributed by atoms with Crippen LogP contribution in [-0.4, -0.2) is 46.1 Å². The van der Waals surface area contributed by atoms with Crippen molar-refractivity contribution in [3.05, 3.63) is 0 Å². The van der Waals surface area contributed by atoms with Gasteiger partial charge in [-0.1, -0.05) is 11.8 Å². The first kappa shape index (κ1) is 13.0. The summed E-state index contributed by atoms with van der Waals surface area (Å²) < 4.78 is 4.98. The van der Waals surface area contributed by atoms with E-state index in [1.807, 2.05) is 6.92 Å². The van der Waals surface area contributed by atoms with Crippen LogP contribution in [0.5, 0.6) is 6.01 Å². The van der Waals surface area contributed by atoms with E-state index in [1.165, 1.54) is 18.9 Å². The number of anilines is 1. The Balaban J connectivity index is 2.69. The van der Waals surface area contributed by atoms with Crippen molar-refractivity contribution in [3.8, 4) is 6.01 Å². The molecule has 0 bridgehead atoms. The number of methoxy groups -OCH3 is 1. The van der Waals surface area contributed by atoms with Gasteiger partial charge in [0.05, 0.1) is 7.11 Å². The third-order valence-corrected chi connectivity index (χ3v) is 2.58. The van der Waals surface area contributed by atoms with Gasteiger partial charge in [-0.15, -0.1) is 0 Å². The highest BCUT2D eigenvalue weighted by Gasteiger charge is 2.06. The summed E-state index contributed by atoms with van der Waals surface area (Å²) in [4.78, 5) is 12.4. The maximum atomic E-state index is 8.68. The van der Waals surface area contributed by atoms with Crippen LogP contribution in [0.4, 0.5) is 5.95 Å². The van der Waals surface area contributed by atoms with Crippen molar-refractivity contribution in [1.29, 1.82) is 0 Å². The van der Waals surface area contributed by atoms with Crippen LogP contribution in [0.25, 0.3) is 0 Å². The minimum atomic E-state index is 0.176. The average molecular weight is 244 g/mol. The Morgan fingerprint density at radius 1 is 1.38 bits per heavy atom. The standard InChI is InChI=1S/C9H16N4O2S/c1-3-10-7-11-8(15-2)13-9(12-7)16-6-4-5-14/h14H,3-6H2,1-2H3,(H,10,11,12,13). The molecule has 0 saturated heterocycles. The molecular weight excluding hydrogens is 228 g/mol. The fourth-order valence-electron chi connectivity index (χ4n) is 0.959. The first-order chi connectivity index (χ1) is 7.80. The van der Waals surface area contributed by atoms with Crippen LogP contribution >= 0.6 is 11.8 Å². The number of nitrogens with one attached hydrogen (secondary N) is 1. The molecule has 6 nitrogen and oxygen atoms in total. The number of aliphatic hydroxyl groups is 1. The van der Waals surface area contributed by atoms with E-state index < -0.39 is 0 Å². The smallest absolute Gasteiger partial charge is 0.321 e. The number of hydrogen-bond acceptors (Lipinski definition) is 7. The van der Waals surface area contributed by atoms with Crippen LogP contribution in [0.15, 0.2) is 5.16 Å². The Morgan fingerprint density at radius 3 is 2.81 bits per heavy atom. The molecule has 16 heavy (non-hydrogen) atoms. The van der Waals surface area contributed by atoms with Crippen LogP contribution in [0, 0.1) is 0 Å². The summed E-state index contributed by atoms with van der Waals surface area (Å²) >= 11 is 1.47. The predicted molar refractivity (Wildman–Crippen MR) is 63.0 cm³/mol. The minimum Gasteiger partial charge on any atom is -0.467 e. The lowest BCUT2D eigenvalue weighted by molar-refractivity contribution is 0.296. The molecule has 2 N–H and O–H groups in total. The normalized spacial score (nSPS) is 10.2. The highest BCUT2D eigenvalue weighted by molar-refractivity contribution is 7.99. The molecular formula is C9H16N4O2S.